The molecular formula is C13H18BrNO. The lowest BCUT2D eigenvalue weighted by molar-refractivity contribution is 0.183. The van der Waals surface area contributed by atoms with Crippen LogP contribution in [0.25, 0.3) is 0 Å². The molecule has 0 radical (unpaired) electrons. The molecule has 1 heterocycles. The third kappa shape index (κ3) is 2.98. The zero-order chi connectivity index (χ0) is 11.5. The molecule has 2 nitrogen and oxygen atoms in total. The molecule has 1 N–H and O–H groups in total. The van der Waals surface area contributed by atoms with E-state index in [4.69, 9.17) is 0 Å². The second-order valence-electron chi connectivity index (χ2n) is 4.68. The highest BCUT2D eigenvalue weighted by Gasteiger charge is 2.23. The van der Waals surface area contributed by atoms with Crippen molar-refractivity contribution in [3.8, 4) is 5.75 Å². The number of phenolic OH excluding ortho intramolecular Hbond substituents is 1. The Hall–Kier alpha value is -0.540. The summed E-state index contributed by atoms with van der Waals surface area (Å²) in [4.78, 5) is 3.15. The molecule has 0 saturated carbocycles. The molecule has 1 aliphatic heterocycles. The topological polar surface area (TPSA) is 23.5 Å². The molecule has 1 fully saturated rings. The standard InChI is InChI=1S/C13H18BrNO/c1-10-8-15(7-6-13(10)14)9-11-2-4-12(16)5-3-11/h2-5,10,13,16H,6-9H2,1H3. The Morgan fingerprint density at radius 1 is 1.38 bits per heavy atom. The Balaban J connectivity index is 1.93. The van der Waals surface area contributed by atoms with E-state index in [1.54, 1.807) is 12.1 Å². The zero-order valence-electron chi connectivity index (χ0n) is 9.56. The van der Waals surface area contributed by atoms with Gasteiger partial charge in [0.2, 0.25) is 0 Å². The lowest BCUT2D eigenvalue weighted by Gasteiger charge is -2.34. The summed E-state index contributed by atoms with van der Waals surface area (Å²) in [6, 6.07) is 7.52. The number of phenols is 1. The third-order valence-electron chi connectivity index (χ3n) is 3.23. The number of hydrogen-bond acceptors (Lipinski definition) is 2. The predicted molar refractivity (Wildman–Crippen MR) is 69.9 cm³/mol. The molecule has 0 aliphatic carbocycles. The highest BCUT2D eigenvalue weighted by molar-refractivity contribution is 9.09. The van der Waals surface area contributed by atoms with Gasteiger partial charge in [-0.3, -0.25) is 4.90 Å². The van der Waals surface area contributed by atoms with E-state index in [1.165, 1.54) is 12.0 Å². The lowest BCUT2D eigenvalue weighted by atomic mass is 9.99. The van der Waals surface area contributed by atoms with Crippen LogP contribution in [-0.4, -0.2) is 27.9 Å². The van der Waals surface area contributed by atoms with Crippen LogP contribution in [0.3, 0.4) is 0 Å². The van der Waals surface area contributed by atoms with Crippen LogP contribution in [0, 0.1) is 5.92 Å². The quantitative estimate of drug-likeness (QED) is 0.844. The summed E-state index contributed by atoms with van der Waals surface area (Å²) < 4.78 is 0. The van der Waals surface area contributed by atoms with Gasteiger partial charge >= 0.3 is 0 Å². The fraction of sp³-hybridized carbons (Fsp3) is 0.538. The highest BCUT2D eigenvalue weighted by atomic mass is 79.9. The van der Waals surface area contributed by atoms with E-state index in [-0.39, 0.29) is 0 Å². The summed E-state index contributed by atoms with van der Waals surface area (Å²) in [6.45, 7) is 5.59. The first kappa shape index (κ1) is 11.9. The minimum Gasteiger partial charge on any atom is -0.508 e. The number of piperidine rings is 1. The van der Waals surface area contributed by atoms with E-state index in [0.717, 1.165) is 19.6 Å². The average molecular weight is 284 g/mol. The van der Waals surface area contributed by atoms with Gasteiger partial charge in [-0.15, -0.1) is 0 Å². The van der Waals surface area contributed by atoms with E-state index in [0.29, 0.717) is 16.5 Å². The van der Waals surface area contributed by atoms with E-state index in [9.17, 15) is 5.11 Å². The molecule has 0 bridgehead atoms. The Morgan fingerprint density at radius 2 is 2.06 bits per heavy atom. The molecule has 0 spiro atoms. The summed E-state index contributed by atoms with van der Waals surface area (Å²) >= 11 is 3.72. The molecule has 2 rings (SSSR count). The van der Waals surface area contributed by atoms with E-state index in [1.807, 2.05) is 12.1 Å². The lowest BCUT2D eigenvalue weighted by Crippen LogP contribution is -2.39. The Labute approximate surface area is 105 Å². The monoisotopic (exact) mass is 283 g/mol. The van der Waals surface area contributed by atoms with Crippen LogP contribution in [0.1, 0.15) is 18.9 Å². The SMILES string of the molecule is CC1CN(Cc2ccc(O)cc2)CCC1Br. The minimum atomic E-state index is 0.344. The van der Waals surface area contributed by atoms with Crippen molar-refractivity contribution in [1.82, 2.24) is 4.90 Å². The fourth-order valence-corrected chi connectivity index (χ4v) is 2.58. The minimum absolute atomic E-state index is 0.344. The Morgan fingerprint density at radius 3 is 2.69 bits per heavy atom. The van der Waals surface area contributed by atoms with Crippen LogP contribution in [0.15, 0.2) is 24.3 Å². The second-order valence-corrected chi connectivity index (χ2v) is 5.86. The highest BCUT2D eigenvalue weighted by Crippen LogP contribution is 2.24. The third-order valence-corrected chi connectivity index (χ3v) is 4.59. The molecule has 16 heavy (non-hydrogen) atoms. The predicted octanol–water partition coefficient (Wildman–Crippen LogP) is 3.00. The largest absolute Gasteiger partial charge is 0.508 e. The van der Waals surface area contributed by atoms with Crippen LogP contribution >= 0.6 is 15.9 Å². The number of rotatable bonds is 2. The van der Waals surface area contributed by atoms with E-state index < -0.39 is 0 Å². The number of aromatic hydroxyl groups is 1. The summed E-state index contributed by atoms with van der Waals surface area (Å²) in [5, 5.41) is 9.22. The number of nitrogens with zero attached hydrogens (tertiary/aromatic N) is 1. The molecule has 2 atom stereocenters. The molecular weight excluding hydrogens is 266 g/mol. The van der Waals surface area contributed by atoms with Gasteiger partial charge in [0.05, 0.1) is 0 Å². The maximum absolute atomic E-state index is 9.22. The zero-order valence-corrected chi connectivity index (χ0v) is 11.2. The van der Waals surface area contributed by atoms with Crippen LogP contribution < -0.4 is 0 Å². The number of likely N-dealkylation sites (tertiary alicyclic amines) is 1. The van der Waals surface area contributed by atoms with Gasteiger partial charge in [-0.25, -0.2) is 0 Å². The van der Waals surface area contributed by atoms with Crippen molar-refractivity contribution in [3.63, 3.8) is 0 Å². The summed E-state index contributed by atoms with van der Waals surface area (Å²) in [5.74, 6) is 1.06. The maximum atomic E-state index is 9.22. The molecule has 1 aromatic carbocycles. The van der Waals surface area contributed by atoms with Gasteiger partial charge in [0.1, 0.15) is 5.75 Å². The molecule has 88 valence electrons. The number of benzene rings is 1. The van der Waals surface area contributed by atoms with E-state index >= 15 is 0 Å². The van der Waals surface area contributed by atoms with Gasteiger partial charge in [-0.2, -0.15) is 0 Å². The second kappa shape index (κ2) is 5.19. The van der Waals surface area contributed by atoms with Crippen molar-refractivity contribution in [3.05, 3.63) is 29.8 Å². The Bertz CT molecular complexity index is 338. The number of alkyl halides is 1. The van der Waals surface area contributed by atoms with Crippen molar-refractivity contribution >= 4 is 15.9 Å². The van der Waals surface area contributed by atoms with Crippen molar-refractivity contribution in [2.24, 2.45) is 5.92 Å². The van der Waals surface area contributed by atoms with Crippen LogP contribution in [0.4, 0.5) is 0 Å². The van der Waals surface area contributed by atoms with Gasteiger partial charge in [0.25, 0.3) is 0 Å². The smallest absolute Gasteiger partial charge is 0.115 e. The van der Waals surface area contributed by atoms with Crippen molar-refractivity contribution in [1.29, 1.82) is 0 Å². The van der Waals surface area contributed by atoms with Crippen LogP contribution in [0.2, 0.25) is 0 Å². The first-order chi connectivity index (χ1) is 7.65. The van der Waals surface area contributed by atoms with Gasteiger partial charge < -0.3 is 5.11 Å². The van der Waals surface area contributed by atoms with Crippen molar-refractivity contribution < 1.29 is 5.11 Å². The molecule has 2 unspecified atom stereocenters. The normalized spacial score (nSPS) is 26.9. The first-order valence-corrected chi connectivity index (χ1v) is 6.71. The molecule has 0 aromatic heterocycles. The van der Waals surface area contributed by atoms with Crippen LogP contribution in [0.5, 0.6) is 5.75 Å². The van der Waals surface area contributed by atoms with Gasteiger partial charge in [-0.05, 0) is 36.6 Å². The fourth-order valence-electron chi connectivity index (χ4n) is 2.21. The summed E-state index contributed by atoms with van der Waals surface area (Å²) in [5.41, 5.74) is 1.28. The molecule has 1 saturated heterocycles. The van der Waals surface area contributed by atoms with Gasteiger partial charge in [0, 0.05) is 17.9 Å². The number of halogens is 1. The van der Waals surface area contributed by atoms with Gasteiger partial charge in [-0.1, -0.05) is 35.0 Å². The maximum Gasteiger partial charge on any atom is 0.115 e. The van der Waals surface area contributed by atoms with Gasteiger partial charge in [0.15, 0.2) is 0 Å². The van der Waals surface area contributed by atoms with Crippen molar-refractivity contribution in [2.75, 3.05) is 13.1 Å². The molecule has 1 aromatic rings. The number of hydrogen-bond donors (Lipinski definition) is 1. The average Bonchev–Trinajstić information content (AvgIpc) is 2.27. The summed E-state index contributed by atoms with van der Waals surface area (Å²) in [6.07, 6.45) is 1.22. The molecule has 1 aliphatic rings. The van der Waals surface area contributed by atoms with Crippen molar-refractivity contribution in [2.45, 2.75) is 24.7 Å². The van der Waals surface area contributed by atoms with E-state index in [2.05, 4.69) is 27.8 Å². The first-order valence-electron chi connectivity index (χ1n) is 5.79. The Kier molecular flexibility index (Phi) is 3.87. The van der Waals surface area contributed by atoms with Crippen LogP contribution in [-0.2, 0) is 6.54 Å². The summed E-state index contributed by atoms with van der Waals surface area (Å²) in [7, 11) is 0. The molecule has 3 heteroatoms. The molecule has 0 amide bonds.